The third kappa shape index (κ3) is 6.77. The fraction of sp³-hybridized carbons (Fsp3) is 0.240. The van der Waals surface area contributed by atoms with E-state index in [0.717, 1.165) is 16.8 Å². The van der Waals surface area contributed by atoms with Gasteiger partial charge in [-0.1, -0.05) is 68.4 Å². The van der Waals surface area contributed by atoms with Gasteiger partial charge in [0.2, 0.25) is 15.9 Å². The summed E-state index contributed by atoms with van der Waals surface area (Å²) in [6, 6.07) is 23.9. The normalized spacial score (nSPS) is 11.5. The Morgan fingerprint density at radius 2 is 1.48 bits per heavy atom. The van der Waals surface area contributed by atoms with Crippen LogP contribution in [0.5, 0.6) is 0 Å². The van der Waals surface area contributed by atoms with E-state index in [2.05, 4.69) is 23.9 Å². The van der Waals surface area contributed by atoms with Gasteiger partial charge in [0.1, 0.15) is 0 Å². The van der Waals surface area contributed by atoms with Crippen LogP contribution in [0.4, 0.5) is 5.69 Å². The van der Waals surface area contributed by atoms with Crippen LogP contribution in [-0.4, -0.2) is 14.3 Å². The van der Waals surface area contributed by atoms with Crippen LogP contribution >= 0.6 is 0 Å². The topological polar surface area (TPSA) is 75.3 Å². The molecule has 0 heterocycles. The number of sulfonamides is 1. The molecule has 0 saturated heterocycles. The molecule has 0 aliphatic heterocycles. The Balaban J connectivity index is 1.51. The molecule has 0 bridgehead atoms. The number of rotatable bonds is 9. The van der Waals surface area contributed by atoms with Crippen molar-refractivity contribution < 1.29 is 13.2 Å². The molecule has 0 spiro atoms. The van der Waals surface area contributed by atoms with E-state index in [1.165, 1.54) is 5.56 Å². The van der Waals surface area contributed by atoms with Gasteiger partial charge in [0.15, 0.2) is 0 Å². The van der Waals surface area contributed by atoms with Gasteiger partial charge in [0.05, 0.1) is 4.90 Å². The van der Waals surface area contributed by atoms with E-state index in [-0.39, 0.29) is 17.3 Å². The number of carbonyl (C=O) groups excluding carboxylic acids is 1. The zero-order valence-electron chi connectivity index (χ0n) is 17.8. The molecule has 162 valence electrons. The average Bonchev–Trinajstić information content (AvgIpc) is 2.78. The van der Waals surface area contributed by atoms with Crippen molar-refractivity contribution in [2.75, 3.05) is 5.32 Å². The summed E-state index contributed by atoms with van der Waals surface area (Å²) in [6.07, 6.45) is 0.859. The summed E-state index contributed by atoms with van der Waals surface area (Å²) in [6.45, 7) is 4.50. The highest BCUT2D eigenvalue weighted by Gasteiger charge is 2.13. The molecule has 0 unspecified atom stereocenters. The second-order valence-electron chi connectivity index (χ2n) is 7.78. The molecule has 3 aromatic carbocycles. The van der Waals surface area contributed by atoms with Gasteiger partial charge in [-0.05, 0) is 53.3 Å². The zero-order valence-corrected chi connectivity index (χ0v) is 18.7. The van der Waals surface area contributed by atoms with E-state index in [9.17, 15) is 13.2 Å². The largest absolute Gasteiger partial charge is 0.326 e. The summed E-state index contributed by atoms with van der Waals surface area (Å²) in [5.41, 5.74) is 3.81. The summed E-state index contributed by atoms with van der Waals surface area (Å²) in [5, 5.41) is 2.90. The first kappa shape index (κ1) is 22.7. The summed E-state index contributed by atoms with van der Waals surface area (Å²) in [5.74, 6) is 0.378. The molecule has 0 saturated carbocycles. The molecule has 2 N–H and O–H groups in total. The second kappa shape index (κ2) is 10.4. The Morgan fingerprint density at radius 3 is 2.10 bits per heavy atom. The van der Waals surface area contributed by atoms with E-state index in [4.69, 9.17) is 0 Å². The lowest BCUT2D eigenvalue weighted by Gasteiger charge is -2.09. The van der Waals surface area contributed by atoms with Gasteiger partial charge in [-0.2, -0.15) is 0 Å². The number of amides is 1. The second-order valence-corrected chi connectivity index (χ2v) is 9.55. The van der Waals surface area contributed by atoms with Crippen LogP contribution in [0.2, 0.25) is 0 Å². The van der Waals surface area contributed by atoms with Crippen LogP contribution < -0.4 is 10.0 Å². The third-order valence-electron chi connectivity index (χ3n) is 5.04. The van der Waals surface area contributed by atoms with Crippen LogP contribution in [0.25, 0.3) is 0 Å². The fourth-order valence-electron chi connectivity index (χ4n) is 3.13. The molecule has 0 aliphatic rings. The van der Waals surface area contributed by atoms with Gasteiger partial charge >= 0.3 is 0 Å². The molecule has 0 atom stereocenters. The third-order valence-corrected chi connectivity index (χ3v) is 6.46. The maximum atomic E-state index is 12.5. The minimum absolute atomic E-state index is 0.0708. The van der Waals surface area contributed by atoms with Crippen molar-refractivity contribution in [3.8, 4) is 0 Å². The van der Waals surface area contributed by atoms with Crippen molar-refractivity contribution in [3.63, 3.8) is 0 Å². The molecule has 3 aromatic rings. The summed E-state index contributed by atoms with van der Waals surface area (Å²) < 4.78 is 27.6. The van der Waals surface area contributed by atoms with Crippen molar-refractivity contribution in [1.29, 1.82) is 0 Å². The first-order valence-corrected chi connectivity index (χ1v) is 11.8. The van der Waals surface area contributed by atoms with E-state index >= 15 is 0 Å². The highest BCUT2D eigenvalue weighted by molar-refractivity contribution is 7.89. The van der Waals surface area contributed by atoms with Crippen molar-refractivity contribution in [3.05, 3.63) is 95.6 Å². The summed E-state index contributed by atoms with van der Waals surface area (Å²) in [4.78, 5) is 12.4. The van der Waals surface area contributed by atoms with Crippen LogP contribution in [0.3, 0.4) is 0 Å². The maximum absolute atomic E-state index is 12.5. The fourth-order valence-corrected chi connectivity index (χ4v) is 4.14. The summed E-state index contributed by atoms with van der Waals surface area (Å²) in [7, 11) is -3.59. The lowest BCUT2D eigenvalue weighted by molar-refractivity contribution is -0.116. The van der Waals surface area contributed by atoms with E-state index in [0.29, 0.717) is 18.8 Å². The van der Waals surface area contributed by atoms with Gasteiger partial charge in [-0.3, -0.25) is 4.79 Å². The number of benzene rings is 3. The van der Waals surface area contributed by atoms with Gasteiger partial charge in [0, 0.05) is 18.7 Å². The Labute approximate surface area is 184 Å². The van der Waals surface area contributed by atoms with Crippen molar-refractivity contribution >= 4 is 21.6 Å². The van der Waals surface area contributed by atoms with E-state index < -0.39 is 10.0 Å². The monoisotopic (exact) mass is 436 g/mol. The number of hydrogen-bond donors (Lipinski definition) is 2. The van der Waals surface area contributed by atoms with Gasteiger partial charge in [-0.25, -0.2) is 13.1 Å². The first-order valence-electron chi connectivity index (χ1n) is 10.4. The molecule has 31 heavy (non-hydrogen) atoms. The van der Waals surface area contributed by atoms with Gasteiger partial charge in [0.25, 0.3) is 0 Å². The molecular weight excluding hydrogens is 408 g/mol. The molecule has 5 nitrogen and oxygen atoms in total. The number of anilines is 1. The minimum Gasteiger partial charge on any atom is -0.326 e. The lowest BCUT2D eigenvalue weighted by atomic mass is 10.0. The number of hydrogen-bond acceptors (Lipinski definition) is 3. The number of carbonyl (C=O) groups is 1. The molecule has 0 aromatic heterocycles. The molecular formula is C25H28N2O3S. The van der Waals surface area contributed by atoms with Crippen LogP contribution in [0, 0.1) is 0 Å². The summed E-state index contributed by atoms with van der Waals surface area (Å²) >= 11 is 0. The standard InChI is InChI=1S/C25H28N2O3S/c1-19(2)22-11-13-23(14-12-22)27-25(28)17-10-20-8-15-24(16-9-20)31(29,30)26-18-21-6-4-3-5-7-21/h3-9,11-16,19,26H,10,17-18H2,1-2H3,(H,27,28). The lowest BCUT2D eigenvalue weighted by Crippen LogP contribution is -2.23. The van der Waals surface area contributed by atoms with Crippen LogP contribution in [0.1, 0.15) is 42.9 Å². The maximum Gasteiger partial charge on any atom is 0.240 e. The Hall–Kier alpha value is -2.96. The van der Waals surface area contributed by atoms with Crippen LogP contribution in [0.15, 0.2) is 83.8 Å². The van der Waals surface area contributed by atoms with Crippen molar-refractivity contribution in [1.82, 2.24) is 4.72 Å². The van der Waals surface area contributed by atoms with Crippen molar-refractivity contribution in [2.24, 2.45) is 0 Å². The SMILES string of the molecule is CC(C)c1ccc(NC(=O)CCc2ccc(S(=O)(=O)NCc3ccccc3)cc2)cc1. The van der Waals surface area contributed by atoms with Gasteiger partial charge in [-0.15, -0.1) is 0 Å². The predicted octanol–water partition coefficient (Wildman–Crippen LogP) is 4.86. The van der Waals surface area contributed by atoms with Crippen molar-refractivity contribution in [2.45, 2.75) is 44.0 Å². The van der Waals surface area contributed by atoms with E-state index in [1.54, 1.807) is 24.3 Å². The molecule has 6 heteroatoms. The molecule has 0 aliphatic carbocycles. The zero-order chi connectivity index (χ0) is 22.3. The molecule has 3 rings (SSSR count). The predicted molar refractivity (Wildman–Crippen MR) is 124 cm³/mol. The minimum atomic E-state index is -3.59. The number of aryl methyl sites for hydroxylation is 1. The smallest absolute Gasteiger partial charge is 0.240 e. The molecule has 0 fully saturated rings. The Morgan fingerprint density at radius 1 is 0.839 bits per heavy atom. The Kier molecular flexibility index (Phi) is 7.60. The average molecular weight is 437 g/mol. The highest BCUT2D eigenvalue weighted by atomic mass is 32.2. The molecule has 1 amide bonds. The number of nitrogens with one attached hydrogen (secondary N) is 2. The van der Waals surface area contributed by atoms with E-state index in [1.807, 2.05) is 54.6 Å². The first-order chi connectivity index (χ1) is 14.8. The van der Waals surface area contributed by atoms with Crippen LogP contribution in [-0.2, 0) is 27.8 Å². The highest BCUT2D eigenvalue weighted by Crippen LogP contribution is 2.18. The van der Waals surface area contributed by atoms with Gasteiger partial charge < -0.3 is 5.32 Å². The quantitative estimate of drug-likeness (QED) is 0.503. The Bertz CT molecular complexity index is 1090. The molecule has 0 radical (unpaired) electrons.